The normalized spacial score (nSPS) is 23.7. The quantitative estimate of drug-likeness (QED) is 0.505. The van der Waals surface area contributed by atoms with Crippen LogP contribution in [-0.4, -0.2) is 25.4 Å². The second-order valence-corrected chi connectivity index (χ2v) is 6.28. The summed E-state index contributed by atoms with van der Waals surface area (Å²) in [7, 11) is 0. The summed E-state index contributed by atoms with van der Waals surface area (Å²) in [5.74, 6) is 0. The van der Waals surface area contributed by atoms with Gasteiger partial charge in [0.2, 0.25) is 0 Å². The molecule has 1 aliphatic carbocycles. The van der Waals surface area contributed by atoms with E-state index in [1.807, 2.05) is 5.10 Å². The Balaban J connectivity index is 2.01. The molecular formula is C19H16F3N5. The Labute approximate surface area is 160 Å². The molecule has 138 valence electrons. The maximum absolute atomic E-state index is 13.7. The second kappa shape index (κ2) is 5.55. The van der Waals surface area contributed by atoms with E-state index in [0.717, 1.165) is 6.20 Å². The van der Waals surface area contributed by atoms with Crippen molar-refractivity contribution in [2.45, 2.75) is 38.6 Å². The highest BCUT2D eigenvalue weighted by Gasteiger charge is 2.37. The lowest BCUT2D eigenvalue weighted by molar-refractivity contribution is -0.140. The first kappa shape index (κ1) is 11.1. The number of hydrogen-bond acceptors (Lipinski definition) is 3. The van der Waals surface area contributed by atoms with Crippen LogP contribution in [0.5, 0.6) is 0 Å². The van der Waals surface area contributed by atoms with Crippen LogP contribution in [-0.2, 0) is 19.0 Å². The van der Waals surface area contributed by atoms with Crippen molar-refractivity contribution >= 4 is 21.8 Å². The molecule has 3 heterocycles. The monoisotopic (exact) mass is 377 g/mol. The van der Waals surface area contributed by atoms with E-state index in [2.05, 4.69) is 20.3 Å². The maximum Gasteiger partial charge on any atom is 0.433 e. The molecule has 0 unspecified atom stereocenters. The molecule has 0 aliphatic heterocycles. The Bertz CT molecular complexity index is 1440. The van der Waals surface area contributed by atoms with Gasteiger partial charge in [0, 0.05) is 24.7 Å². The van der Waals surface area contributed by atoms with E-state index in [1.54, 1.807) is 13.0 Å². The Hall–Kier alpha value is -2.90. The first-order chi connectivity index (χ1) is 15.2. The van der Waals surface area contributed by atoms with Gasteiger partial charge in [-0.2, -0.15) is 23.4 Å². The molecule has 8 heteroatoms. The number of aryl methyl sites for hydroxylation is 2. The van der Waals surface area contributed by atoms with Crippen LogP contribution in [0.15, 0.2) is 18.3 Å². The first-order valence-electron chi connectivity index (χ1n) is 11.1. The lowest BCUT2D eigenvalue weighted by Crippen LogP contribution is -2.11. The molecule has 1 aliphatic rings. The van der Waals surface area contributed by atoms with Crippen molar-refractivity contribution in [3.63, 3.8) is 0 Å². The SMILES string of the molecule is [2H]C1([2H])Cc2c(c(-c3cn[nH]c3C(F)(F)F)nc3ccc4n[nH]c(C)c4c23)C([2H])([2H])C1([2H])[2H]. The topological polar surface area (TPSA) is 70.2 Å². The molecule has 0 saturated carbocycles. The minimum absolute atomic E-state index is 0.0598. The van der Waals surface area contributed by atoms with Gasteiger partial charge in [-0.15, -0.1) is 0 Å². The third-order valence-corrected chi connectivity index (χ3v) is 4.67. The van der Waals surface area contributed by atoms with Crippen LogP contribution < -0.4 is 0 Å². The van der Waals surface area contributed by atoms with Crippen molar-refractivity contribution in [1.82, 2.24) is 25.4 Å². The third kappa shape index (κ3) is 2.35. The summed E-state index contributed by atoms with van der Waals surface area (Å²) in [6, 6.07) is 3.12. The molecule has 0 bridgehead atoms. The third-order valence-electron chi connectivity index (χ3n) is 4.67. The van der Waals surface area contributed by atoms with Gasteiger partial charge in [0.1, 0.15) is 5.69 Å². The summed E-state index contributed by atoms with van der Waals surface area (Å²) >= 11 is 0. The number of hydrogen-bond donors (Lipinski definition) is 2. The van der Waals surface area contributed by atoms with Gasteiger partial charge in [0.15, 0.2) is 0 Å². The number of aromatic amines is 2. The number of rotatable bonds is 1. The summed E-state index contributed by atoms with van der Waals surface area (Å²) in [5, 5.41) is 13.2. The van der Waals surface area contributed by atoms with Gasteiger partial charge in [-0.25, -0.2) is 4.98 Å². The van der Waals surface area contributed by atoms with Crippen LogP contribution in [0.1, 0.15) is 43.5 Å². The summed E-state index contributed by atoms with van der Waals surface area (Å²) in [5.41, 5.74) is -1.28. The molecule has 4 aromatic rings. The van der Waals surface area contributed by atoms with Crippen LogP contribution in [0.25, 0.3) is 33.1 Å². The Morgan fingerprint density at radius 2 is 1.89 bits per heavy atom. The number of nitrogens with zero attached hydrogens (tertiary/aromatic N) is 3. The van der Waals surface area contributed by atoms with Crippen molar-refractivity contribution < 1.29 is 21.4 Å². The predicted molar refractivity (Wildman–Crippen MR) is 95.4 cm³/mol. The molecule has 5 nitrogen and oxygen atoms in total. The number of alkyl halides is 3. The van der Waals surface area contributed by atoms with Gasteiger partial charge in [-0.05, 0) is 55.7 Å². The summed E-state index contributed by atoms with van der Waals surface area (Å²) in [6.45, 7) is 1.71. The van der Waals surface area contributed by atoms with Gasteiger partial charge in [0.25, 0.3) is 0 Å². The van der Waals surface area contributed by atoms with Crippen LogP contribution in [0.2, 0.25) is 0 Å². The van der Waals surface area contributed by atoms with Gasteiger partial charge >= 0.3 is 6.18 Å². The zero-order valence-electron chi connectivity index (χ0n) is 19.9. The standard InChI is InChI=1S/C19H16F3N5/c1-9-15-14(26-25-9)7-6-13-16(15)10-4-2-3-5-11(10)17(24-13)12-8-23-27-18(12)19(20,21)22/h6-8H,2-5H2,1H3,(H,23,27)(H,25,26)/i2D2,3D2,5D2. The lowest BCUT2D eigenvalue weighted by Gasteiger charge is -2.22. The van der Waals surface area contributed by atoms with Crippen molar-refractivity contribution in [2.75, 3.05) is 0 Å². The van der Waals surface area contributed by atoms with Crippen LogP contribution in [0.4, 0.5) is 13.2 Å². The molecule has 27 heavy (non-hydrogen) atoms. The van der Waals surface area contributed by atoms with Crippen molar-refractivity contribution in [1.29, 1.82) is 0 Å². The number of nitrogens with one attached hydrogen (secondary N) is 2. The van der Waals surface area contributed by atoms with E-state index >= 15 is 0 Å². The van der Waals surface area contributed by atoms with Gasteiger partial charge in [-0.1, -0.05) is 0 Å². The Morgan fingerprint density at radius 1 is 1.07 bits per heavy atom. The highest BCUT2D eigenvalue weighted by molar-refractivity contribution is 6.09. The van der Waals surface area contributed by atoms with Gasteiger partial charge < -0.3 is 0 Å². The molecule has 3 aromatic heterocycles. The number of pyridine rings is 1. The van der Waals surface area contributed by atoms with E-state index in [0.29, 0.717) is 22.0 Å². The molecule has 5 rings (SSSR count). The summed E-state index contributed by atoms with van der Waals surface area (Å²) in [6.07, 6.45) is -13.3. The fourth-order valence-corrected chi connectivity index (χ4v) is 3.52. The summed E-state index contributed by atoms with van der Waals surface area (Å²) in [4.78, 5) is 4.35. The van der Waals surface area contributed by atoms with E-state index in [1.165, 1.54) is 6.07 Å². The Morgan fingerprint density at radius 3 is 2.70 bits per heavy atom. The fourth-order valence-electron chi connectivity index (χ4n) is 3.52. The molecule has 2 N–H and O–H groups in total. The number of aromatic nitrogens is 5. The number of H-pyrrole nitrogens is 2. The molecule has 1 aromatic carbocycles. The average Bonchev–Trinajstić information content (AvgIpc) is 3.33. The van der Waals surface area contributed by atoms with Crippen molar-refractivity contribution in [2.24, 2.45) is 0 Å². The minimum atomic E-state index is -4.85. The van der Waals surface area contributed by atoms with Crippen molar-refractivity contribution in [3.05, 3.63) is 40.8 Å². The lowest BCUT2D eigenvalue weighted by atomic mass is 9.85. The van der Waals surface area contributed by atoms with Gasteiger partial charge in [0.05, 0.1) is 28.5 Å². The molecule has 0 atom stereocenters. The molecule has 0 amide bonds. The number of benzene rings is 1. The smallest absolute Gasteiger partial charge is 0.282 e. The van der Waals surface area contributed by atoms with E-state index in [4.69, 9.17) is 8.22 Å². The van der Waals surface area contributed by atoms with Gasteiger partial charge in [-0.3, -0.25) is 10.2 Å². The van der Waals surface area contributed by atoms with Crippen molar-refractivity contribution in [3.8, 4) is 11.3 Å². The molecular weight excluding hydrogens is 355 g/mol. The van der Waals surface area contributed by atoms with E-state index in [-0.39, 0.29) is 11.1 Å². The van der Waals surface area contributed by atoms with Crippen LogP contribution in [0.3, 0.4) is 0 Å². The zero-order valence-corrected chi connectivity index (χ0v) is 13.9. The van der Waals surface area contributed by atoms with Crippen LogP contribution >= 0.6 is 0 Å². The average molecular weight is 377 g/mol. The zero-order chi connectivity index (χ0) is 24.1. The van der Waals surface area contributed by atoms with E-state index < -0.39 is 54.2 Å². The summed E-state index contributed by atoms with van der Waals surface area (Å²) < 4.78 is 91.4. The second-order valence-electron chi connectivity index (χ2n) is 6.28. The molecule has 0 fully saturated rings. The first-order valence-corrected chi connectivity index (χ1v) is 8.10. The highest BCUT2D eigenvalue weighted by Crippen LogP contribution is 2.41. The van der Waals surface area contributed by atoms with Crippen LogP contribution in [0, 0.1) is 6.92 Å². The minimum Gasteiger partial charge on any atom is -0.282 e. The Kier molecular flexibility index (Phi) is 2.27. The molecule has 0 saturated heterocycles. The van der Waals surface area contributed by atoms with E-state index in [9.17, 15) is 13.2 Å². The fraction of sp³-hybridized carbons (Fsp3) is 0.316. The molecule has 0 radical (unpaired) electrons. The number of fused-ring (bicyclic) bond motifs is 5. The highest BCUT2D eigenvalue weighted by atomic mass is 19.4. The number of halogens is 3. The largest absolute Gasteiger partial charge is 0.433 e. The molecule has 0 spiro atoms. The maximum atomic E-state index is 13.7. The predicted octanol–water partition coefficient (Wildman–Crippen LogP) is 4.71.